The Kier molecular flexibility index (Phi) is 4.64. The third kappa shape index (κ3) is 3.48. The highest BCUT2D eigenvalue weighted by atomic mass is 19.1. The minimum absolute atomic E-state index is 0.101. The maximum Gasteiger partial charge on any atom is 0.257 e. The number of aromatic nitrogens is 1. The molecular weight excluding hydrogens is 309 g/mol. The molecule has 3 rings (SSSR count). The smallest absolute Gasteiger partial charge is 0.257 e. The van der Waals surface area contributed by atoms with Crippen LogP contribution >= 0.6 is 0 Å². The van der Waals surface area contributed by atoms with E-state index in [1.165, 1.54) is 18.3 Å². The van der Waals surface area contributed by atoms with Crippen molar-refractivity contribution in [2.75, 3.05) is 18.0 Å². The minimum atomic E-state index is -0.392. The molecule has 1 aromatic heterocycles. The summed E-state index contributed by atoms with van der Waals surface area (Å²) in [6.07, 6.45) is 3.09. The zero-order chi connectivity index (χ0) is 17.1. The van der Waals surface area contributed by atoms with E-state index < -0.39 is 5.91 Å². The Balaban J connectivity index is 1.70. The monoisotopic (exact) mass is 329 g/mol. The average molecular weight is 329 g/mol. The fourth-order valence-electron chi connectivity index (χ4n) is 3.04. The van der Waals surface area contributed by atoms with Crippen molar-refractivity contribution in [3.05, 3.63) is 63.8 Å². The molecule has 1 atom stereocenters. The first kappa shape index (κ1) is 16.2. The normalized spacial score (nSPS) is 17.6. The maximum absolute atomic E-state index is 13.9. The highest BCUT2D eigenvalue weighted by Crippen LogP contribution is 2.22. The zero-order valence-electron chi connectivity index (χ0n) is 13.5. The van der Waals surface area contributed by atoms with E-state index in [0.29, 0.717) is 17.9 Å². The molecule has 1 saturated heterocycles. The van der Waals surface area contributed by atoms with Crippen molar-refractivity contribution < 1.29 is 9.18 Å². The molecule has 0 saturated carbocycles. The van der Waals surface area contributed by atoms with E-state index in [2.05, 4.69) is 10.3 Å². The van der Waals surface area contributed by atoms with Crippen molar-refractivity contribution in [2.45, 2.75) is 25.8 Å². The lowest BCUT2D eigenvalue weighted by atomic mass is 10.0. The van der Waals surface area contributed by atoms with E-state index in [1.54, 1.807) is 25.1 Å². The van der Waals surface area contributed by atoms with E-state index in [1.807, 2.05) is 4.90 Å². The van der Waals surface area contributed by atoms with E-state index in [4.69, 9.17) is 0 Å². The number of nitrogens with one attached hydrogen (secondary N) is 2. The van der Waals surface area contributed by atoms with E-state index in [0.717, 1.165) is 19.4 Å². The molecule has 0 spiro atoms. The number of hydrogen-bond acceptors (Lipinski definition) is 3. The van der Waals surface area contributed by atoms with Crippen LogP contribution in [0.2, 0.25) is 0 Å². The second-order valence-electron chi connectivity index (χ2n) is 6.10. The lowest BCUT2D eigenvalue weighted by molar-refractivity contribution is 0.0931. The van der Waals surface area contributed by atoms with Gasteiger partial charge in [-0.3, -0.25) is 9.59 Å². The number of rotatable bonds is 3. The van der Waals surface area contributed by atoms with Crippen molar-refractivity contribution in [3.8, 4) is 0 Å². The fraction of sp³-hybridized carbons (Fsp3) is 0.333. The molecule has 1 aromatic carbocycles. The maximum atomic E-state index is 13.9. The summed E-state index contributed by atoms with van der Waals surface area (Å²) in [4.78, 5) is 29.1. The van der Waals surface area contributed by atoms with Crippen LogP contribution in [0.3, 0.4) is 0 Å². The van der Waals surface area contributed by atoms with E-state index in [-0.39, 0.29) is 22.9 Å². The van der Waals surface area contributed by atoms with Gasteiger partial charge in [-0.25, -0.2) is 4.39 Å². The number of aryl methyl sites for hydroxylation is 1. The van der Waals surface area contributed by atoms with Crippen LogP contribution in [0.15, 0.2) is 41.3 Å². The van der Waals surface area contributed by atoms with E-state index in [9.17, 15) is 14.0 Å². The number of H-pyrrole nitrogens is 1. The number of amides is 1. The number of carbonyl (C=O) groups is 1. The summed E-state index contributed by atoms with van der Waals surface area (Å²) in [6.45, 7) is 3.03. The van der Waals surface area contributed by atoms with Gasteiger partial charge in [0.25, 0.3) is 5.91 Å². The lowest BCUT2D eigenvalue weighted by Crippen LogP contribution is -2.48. The molecule has 24 heavy (non-hydrogen) atoms. The van der Waals surface area contributed by atoms with Crippen LogP contribution in [0.1, 0.15) is 28.9 Å². The highest BCUT2D eigenvalue weighted by Gasteiger charge is 2.24. The number of para-hydroxylation sites is 1. The third-order valence-electron chi connectivity index (χ3n) is 4.25. The first-order valence-corrected chi connectivity index (χ1v) is 8.04. The van der Waals surface area contributed by atoms with Crippen LogP contribution in [-0.2, 0) is 0 Å². The van der Waals surface area contributed by atoms with Crippen molar-refractivity contribution in [2.24, 2.45) is 0 Å². The number of aromatic amines is 1. The Morgan fingerprint density at radius 3 is 2.92 bits per heavy atom. The molecule has 2 aromatic rings. The predicted octanol–water partition coefficient (Wildman–Crippen LogP) is 2.22. The number of nitrogens with zero attached hydrogens (tertiary/aromatic N) is 1. The Bertz CT molecular complexity index is 803. The topological polar surface area (TPSA) is 65.2 Å². The van der Waals surface area contributed by atoms with Crippen LogP contribution in [0.4, 0.5) is 10.1 Å². The van der Waals surface area contributed by atoms with Gasteiger partial charge in [0, 0.05) is 37.1 Å². The summed E-state index contributed by atoms with van der Waals surface area (Å²) < 4.78 is 13.9. The van der Waals surface area contributed by atoms with Gasteiger partial charge in [0.1, 0.15) is 11.4 Å². The van der Waals surface area contributed by atoms with Crippen LogP contribution in [0.5, 0.6) is 0 Å². The molecule has 0 radical (unpaired) electrons. The van der Waals surface area contributed by atoms with Crippen LogP contribution < -0.4 is 15.6 Å². The molecule has 1 aliphatic rings. The predicted molar refractivity (Wildman–Crippen MR) is 90.9 cm³/mol. The van der Waals surface area contributed by atoms with Crippen LogP contribution in [-0.4, -0.2) is 30.0 Å². The molecule has 0 unspecified atom stereocenters. The summed E-state index contributed by atoms with van der Waals surface area (Å²) in [5.41, 5.74) is 1.05. The number of anilines is 1. The standard InChI is InChI=1S/C18H20FN3O2/c1-12-9-17(23)14(10-20-12)18(24)21-13-5-4-8-22(11-13)16-7-3-2-6-15(16)19/h2-3,6-7,9-10,13H,4-5,8,11H2,1H3,(H,20,23)(H,21,24)/t13-/m0/s1. The molecule has 1 fully saturated rings. The Morgan fingerprint density at radius 2 is 2.17 bits per heavy atom. The number of pyridine rings is 1. The molecule has 126 valence electrons. The lowest BCUT2D eigenvalue weighted by Gasteiger charge is -2.34. The summed E-state index contributed by atoms with van der Waals surface area (Å²) in [7, 11) is 0. The number of carbonyl (C=O) groups excluding carboxylic acids is 1. The Morgan fingerprint density at radius 1 is 1.38 bits per heavy atom. The molecular formula is C18H20FN3O2. The molecule has 1 aliphatic heterocycles. The van der Waals surface area contributed by atoms with Gasteiger partial charge in [0.15, 0.2) is 5.43 Å². The second-order valence-corrected chi connectivity index (χ2v) is 6.10. The molecule has 2 heterocycles. The SMILES string of the molecule is Cc1cc(=O)c(C(=O)N[C@H]2CCCN(c3ccccc3F)C2)c[nH]1. The van der Waals surface area contributed by atoms with Gasteiger partial charge in [0.2, 0.25) is 0 Å². The quantitative estimate of drug-likeness (QED) is 0.907. The highest BCUT2D eigenvalue weighted by molar-refractivity contribution is 5.94. The minimum Gasteiger partial charge on any atom is -0.367 e. The van der Waals surface area contributed by atoms with Gasteiger partial charge in [-0.1, -0.05) is 12.1 Å². The van der Waals surface area contributed by atoms with Crippen LogP contribution in [0.25, 0.3) is 0 Å². The molecule has 1 amide bonds. The molecule has 0 bridgehead atoms. The first-order valence-electron chi connectivity index (χ1n) is 8.04. The summed E-state index contributed by atoms with van der Waals surface area (Å²) >= 11 is 0. The van der Waals surface area contributed by atoms with Crippen molar-refractivity contribution in [1.82, 2.24) is 10.3 Å². The van der Waals surface area contributed by atoms with Gasteiger partial charge in [-0.15, -0.1) is 0 Å². The van der Waals surface area contributed by atoms with Crippen molar-refractivity contribution in [1.29, 1.82) is 0 Å². The summed E-state index contributed by atoms with van der Waals surface area (Å²) in [5.74, 6) is -0.656. The number of hydrogen-bond donors (Lipinski definition) is 2. The van der Waals surface area contributed by atoms with Gasteiger partial charge in [-0.2, -0.15) is 0 Å². The Labute approximate surface area is 139 Å². The van der Waals surface area contributed by atoms with Crippen LogP contribution in [0, 0.1) is 12.7 Å². The van der Waals surface area contributed by atoms with Gasteiger partial charge in [0.05, 0.1) is 5.69 Å². The number of piperidine rings is 1. The average Bonchev–Trinajstić information content (AvgIpc) is 2.55. The van der Waals surface area contributed by atoms with E-state index >= 15 is 0 Å². The number of halogens is 1. The van der Waals surface area contributed by atoms with Gasteiger partial charge < -0.3 is 15.2 Å². The summed E-state index contributed by atoms with van der Waals surface area (Å²) in [5, 5.41) is 2.89. The summed E-state index contributed by atoms with van der Waals surface area (Å²) in [6, 6.07) is 7.92. The van der Waals surface area contributed by atoms with Gasteiger partial charge in [-0.05, 0) is 31.9 Å². The van der Waals surface area contributed by atoms with Gasteiger partial charge >= 0.3 is 0 Å². The zero-order valence-corrected chi connectivity index (χ0v) is 13.5. The molecule has 2 N–H and O–H groups in total. The largest absolute Gasteiger partial charge is 0.367 e. The fourth-order valence-corrected chi connectivity index (χ4v) is 3.04. The number of benzene rings is 1. The third-order valence-corrected chi connectivity index (χ3v) is 4.25. The van der Waals surface area contributed by atoms with Crippen molar-refractivity contribution in [3.63, 3.8) is 0 Å². The first-order chi connectivity index (χ1) is 11.5. The second kappa shape index (κ2) is 6.86. The molecule has 5 nitrogen and oxygen atoms in total. The molecule has 6 heteroatoms. The Hall–Kier alpha value is -2.63. The van der Waals surface area contributed by atoms with Crippen molar-refractivity contribution >= 4 is 11.6 Å². The molecule has 0 aliphatic carbocycles.